The van der Waals surface area contributed by atoms with Crippen molar-refractivity contribution < 1.29 is 13.2 Å². The van der Waals surface area contributed by atoms with Crippen molar-refractivity contribution in [3.63, 3.8) is 0 Å². The molecule has 0 amide bonds. The molecule has 0 aliphatic rings. The number of nitrogens with zero attached hydrogens (tertiary/aromatic N) is 3. The van der Waals surface area contributed by atoms with E-state index in [2.05, 4.69) is 10.1 Å². The van der Waals surface area contributed by atoms with Crippen LogP contribution in [0.15, 0.2) is 12.1 Å². The first-order valence-corrected chi connectivity index (χ1v) is 4.95. The minimum Gasteiger partial charge on any atom is -0.222 e. The van der Waals surface area contributed by atoms with Crippen molar-refractivity contribution >= 4 is 17.2 Å². The number of aryl methyl sites for hydroxylation is 1. The van der Waals surface area contributed by atoms with E-state index in [0.717, 1.165) is 4.52 Å². The monoisotopic (exact) mass is 249 g/mol. The summed E-state index contributed by atoms with van der Waals surface area (Å²) in [6.07, 6.45) is -4.46. The quantitative estimate of drug-likeness (QED) is 0.728. The van der Waals surface area contributed by atoms with E-state index in [-0.39, 0.29) is 17.2 Å². The highest BCUT2D eigenvalue weighted by atomic mass is 35.5. The molecule has 0 spiro atoms. The molecule has 0 fully saturated rings. The van der Waals surface area contributed by atoms with Gasteiger partial charge in [-0.25, -0.2) is 9.50 Å². The van der Waals surface area contributed by atoms with Crippen molar-refractivity contribution in [2.75, 3.05) is 0 Å². The smallest absolute Gasteiger partial charge is 0.222 e. The van der Waals surface area contributed by atoms with Gasteiger partial charge in [-0.3, -0.25) is 0 Å². The van der Waals surface area contributed by atoms with E-state index in [0.29, 0.717) is 5.69 Å². The molecule has 2 aromatic heterocycles. The number of fused-ring (bicyclic) bond motifs is 1. The van der Waals surface area contributed by atoms with Crippen LogP contribution in [0.25, 0.3) is 5.65 Å². The van der Waals surface area contributed by atoms with Crippen LogP contribution in [-0.4, -0.2) is 14.6 Å². The number of hydrogen-bond acceptors (Lipinski definition) is 2. The Morgan fingerprint density at radius 3 is 2.62 bits per heavy atom. The van der Waals surface area contributed by atoms with Crippen molar-refractivity contribution in [2.24, 2.45) is 0 Å². The normalized spacial score (nSPS) is 12.3. The van der Waals surface area contributed by atoms with E-state index in [1.54, 1.807) is 6.07 Å². The van der Waals surface area contributed by atoms with E-state index in [1.165, 1.54) is 13.0 Å². The second-order valence-electron chi connectivity index (χ2n) is 3.27. The maximum Gasteiger partial charge on any atom is 0.435 e. The van der Waals surface area contributed by atoms with Gasteiger partial charge in [-0.2, -0.15) is 18.3 Å². The van der Waals surface area contributed by atoms with Crippen LogP contribution in [0.1, 0.15) is 17.1 Å². The Kier molecular flexibility index (Phi) is 2.53. The van der Waals surface area contributed by atoms with E-state index in [1.807, 2.05) is 0 Å². The molecule has 0 unspecified atom stereocenters. The fourth-order valence-electron chi connectivity index (χ4n) is 1.42. The highest BCUT2D eigenvalue weighted by Crippen LogP contribution is 2.31. The van der Waals surface area contributed by atoms with Gasteiger partial charge in [0.15, 0.2) is 11.3 Å². The summed E-state index contributed by atoms with van der Waals surface area (Å²) in [5.74, 6) is 0.148. The van der Waals surface area contributed by atoms with Crippen LogP contribution in [0, 0.1) is 6.92 Å². The van der Waals surface area contributed by atoms with Gasteiger partial charge in [0.1, 0.15) is 0 Å². The number of alkyl halides is 4. The number of hydrogen-bond donors (Lipinski definition) is 0. The molecule has 0 N–H and O–H groups in total. The van der Waals surface area contributed by atoms with Crippen LogP contribution in [0.4, 0.5) is 13.2 Å². The number of halogens is 4. The predicted octanol–water partition coefficient (Wildman–Crippen LogP) is 2.80. The fraction of sp³-hybridized carbons (Fsp3) is 0.333. The number of imidazole rings is 1. The summed E-state index contributed by atoms with van der Waals surface area (Å²) >= 11 is 5.56. The van der Waals surface area contributed by atoms with E-state index in [4.69, 9.17) is 11.6 Å². The highest BCUT2D eigenvalue weighted by Gasteiger charge is 2.36. The molecular weight excluding hydrogens is 243 g/mol. The van der Waals surface area contributed by atoms with Crippen LogP contribution in [0.5, 0.6) is 0 Å². The molecule has 0 bridgehead atoms. The first-order chi connectivity index (χ1) is 7.43. The lowest BCUT2D eigenvalue weighted by Gasteiger charge is -2.02. The van der Waals surface area contributed by atoms with Gasteiger partial charge < -0.3 is 0 Å². The van der Waals surface area contributed by atoms with Gasteiger partial charge in [0.2, 0.25) is 0 Å². The Morgan fingerprint density at radius 2 is 2.06 bits per heavy atom. The Labute approximate surface area is 93.9 Å². The highest BCUT2D eigenvalue weighted by molar-refractivity contribution is 6.16. The maximum atomic E-state index is 12.5. The standard InChI is InChI=1S/C9H7ClF3N3/c1-5-8(9(11,12)13)14-7-3-2-6(4-10)15-16(5)7/h2-3H,4H2,1H3. The second kappa shape index (κ2) is 3.62. The second-order valence-corrected chi connectivity index (χ2v) is 3.54. The molecule has 0 saturated heterocycles. The zero-order chi connectivity index (χ0) is 11.9. The van der Waals surface area contributed by atoms with Crippen LogP contribution >= 0.6 is 11.6 Å². The SMILES string of the molecule is Cc1c(C(F)(F)F)nc2ccc(CCl)nn12. The van der Waals surface area contributed by atoms with Gasteiger partial charge in [-0.1, -0.05) is 0 Å². The zero-order valence-electron chi connectivity index (χ0n) is 8.22. The summed E-state index contributed by atoms with van der Waals surface area (Å²) in [5.41, 5.74) is -0.275. The minimum absolute atomic E-state index is 0.0329. The van der Waals surface area contributed by atoms with Gasteiger partial charge >= 0.3 is 6.18 Å². The first kappa shape index (κ1) is 11.2. The molecule has 2 aromatic rings. The van der Waals surface area contributed by atoms with Gasteiger partial charge in [0.05, 0.1) is 17.3 Å². The molecule has 16 heavy (non-hydrogen) atoms. The molecule has 2 heterocycles. The lowest BCUT2D eigenvalue weighted by molar-refractivity contribution is -0.141. The van der Waals surface area contributed by atoms with E-state index in [9.17, 15) is 13.2 Å². The Bertz CT molecular complexity index is 533. The summed E-state index contributed by atoms with van der Waals surface area (Å²) in [4.78, 5) is 3.49. The zero-order valence-corrected chi connectivity index (χ0v) is 8.97. The van der Waals surface area contributed by atoms with Crippen LogP contribution < -0.4 is 0 Å². The summed E-state index contributed by atoms with van der Waals surface area (Å²) in [6.45, 7) is 1.33. The van der Waals surface area contributed by atoms with Gasteiger partial charge in [-0.05, 0) is 19.1 Å². The third kappa shape index (κ3) is 1.73. The number of aromatic nitrogens is 3. The average molecular weight is 250 g/mol. The molecule has 0 aliphatic heterocycles. The molecular formula is C9H7ClF3N3. The summed E-state index contributed by atoms with van der Waals surface area (Å²) < 4.78 is 38.8. The Hall–Kier alpha value is -1.30. The minimum atomic E-state index is -4.46. The Morgan fingerprint density at radius 1 is 1.38 bits per heavy atom. The molecule has 7 heteroatoms. The molecule has 3 nitrogen and oxygen atoms in total. The molecule has 0 radical (unpaired) electrons. The van der Waals surface area contributed by atoms with E-state index < -0.39 is 11.9 Å². The average Bonchev–Trinajstić information content (AvgIpc) is 2.55. The first-order valence-electron chi connectivity index (χ1n) is 4.42. The van der Waals surface area contributed by atoms with Crippen LogP contribution in [0.3, 0.4) is 0 Å². The molecule has 0 saturated carbocycles. The number of rotatable bonds is 1. The van der Waals surface area contributed by atoms with Gasteiger partial charge in [-0.15, -0.1) is 11.6 Å². The summed E-state index contributed by atoms with van der Waals surface area (Å²) in [6, 6.07) is 3.02. The largest absolute Gasteiger partial charge is 0.435 e. The molecule has 0 aliphatic carbocycles. The predicted molar refractivity (Wildman–Crippen MR) is 52.3 cm³/mol. The third-order valence-corrected chi connectivity index (χ3v) is 2.44. The van der Waals surface area contributed by atoms with Crippen molar-refractivity contribution in [3.8, 4) is 0 Å². The Balaban J connectivity index is 2.69. The van der Waals surface area contributed by atoms with Crippen LogP contribution in [-0.2, 0) is 12.1 Å². The topological polar surface area (TPSA) is 30.2 Å². The molecule has 0 aromatic carbocycles. The van der Waals surface area contributed by atoms with Crippen molar-refractivity contribution in [3.05, 3.63) is 29.2 Å². The third-order valence-electron chi connectivity index (χ3n) is 2.16. The fourth-order valence-corrected chi connectivity index (χ4v) is 1.56. The molecule has 0 atom stereocenters. The van der Waals surface area contributed by atoms with Gasteiger partial charge in [0.25, 0.3) is 0 Å². The van der Waals surface area contributed by atoms with Crippen LogP contribution in [0.2, 0.25) is 0 Å². The lowest BCUT2D eigenvalue weighted by atomic mass is 10.3. The lowest BCUT2D eigenvalue weighted by Crippen LogP contribution is -2.08. The molecule has 2 rings (SSSR count). The summed E-state index contributed by atoms with van der Waals surface area (Å²) in [5, 5.41) is 3.95. The van der Waals surface area contributed by atoms with Crippen molar-refractivity contribution in [1.29, 1.82) is 0 Å². The van der Waals surface area contributed by atoms with E-state index >= 15 is 0 Å². The molecule has 86 valence electrons. The van der Waals surface area contributed by atoms with Gasteiger partial charge in [0, 0.05) is 0 Å². The summed E-state index contributed by atoms with van der Waals surface area (Å²) in [7, 11) is 0. The maximum absolute atomic E-state index is 12.5. The van der Waals surface area contributed by atoms with Crippen molar-refractivity contribution in [2.45, 2.75) is 19.0 Å². The van der Waals surface area contributed by atoms with Crippen molar-refractivity contribution in [1.82, 2.24) is 14.6 Å².